The van der Waals surface area contributed by atoms with E-state index in [9.17, 15) is 31.2 Å². The van der Waals surface area contributed by atoms with E-state index in [0.717, 1.165) is 0 Å². The van der Waals surface area contributed by atoms with E-state index in [1.807, 2.05) is 0 Å². The Morgan fingerprint density at radius 2 is 1.48 bits per heavy atom. The first kappa shape index (κ1) is 20.9. The molecule has 1 rings (SSSR count). The molecule has 1 N–H and O–H groups in total. The van der Waals surface area contributed by atoms with Crippen molar-refractivity contribution in [3.05, 3.63) is 29.8 Å². The molecule has 7 nitrogen and oxygen atoms in total. The summed E-state index contributed by atoms with van der Waals surface area (Å²) in [4.78, 5) is 23.0. The summed E-state index contributed by atoms with van der Waals surface area (Å²) in [6, 6.07) is 0.584. The molecule has 0 spiro atoms. The van der Waals surface area contributed by atoms with Crippen LogP contribution in [0.5, 0.6) is 0 Å². The number of hydrogen-bond acceptors (Lipinski definition) is 6. The summed E-state index contributed by atoms with van der Waals surface area (Å²) in [5.74, 6) is -2.37. The van der Waals surface area contributed by atoms with Crippen molar-refractivity contribution in [2.45, 2.75) is 31.0 Å². The van der Waals surface area contributed by atoms with E-state index in [4.69, 9.17) is 0 Å². The fourth-order valence-electron chi connectivity index (χ4n) is 1.69. The van der Waals surface area contributed by atoms with Crippen molar-refractivity contribution in [1.82, 2.24) is 4.72 Å². The van der Waals surface area contributed by atoms with E-state index < -0.39 is 44.6 Å². The number of benzene rings is 1. The predicted molar refractivity (Wildman–Crippen MR) is 78.8 cm³/mol. The maximum absolute atomic E-state index is 12.5. The summed E-state index contributed by atoms with van der Waals surface area (Å²) in [6.45, 7) is 2.67. The molecule has 0 aliphatic rings. The molecule has 0 aromatic heterocycles. The van der Waals surface area contributed by atoms with Crippen LogP contribution in [-0.2, 0) is 35.3 Å². The molecule has 0 radical (unpaired) electrons. The van der Waals surface area contributed by atoms with Gasteiger partial charge in [-0.25, -0.2) is 18.0 Å². The van der Waals surface area contributed by atoms with Crippen LogP contribution < -0.4 is 4.72 Å². The van der Waals surface area contributed by atoms with Crippen LogP contribution in [0.2, 0.25) is 0 Å². The SMILES string of the molecule is CCOC(=O)C(NS(=O)(=O)c1ccc(C(F)(F)F)cc1)C(=O)OCC. The van der Waals surface area contributed by atoms with Crippen LogP contribution in [0, 0.1) is 0 Å². The Morgan fingerprint density at radius 3 is 1.84 bits per heavy atom. The highest BCUT2D eigenvalue weighted by molar-refractivity contribution is 7.89. The lowest BCUT2D eigenvalue weighted by Gasteiger charge is -2.16. The van der Waals surface area contributed by atoms with Crippen molar-refractivity contribution in [3.63, 3.8) is 0 Å². The number of sulfonamides is 1. The van der Waals surface area contributed by atoms with E-state index in [2.05, 4.69) is 9.47 Å². The second-order valence-electron chi connectivity index (χ2n) is 4.58. The van der Waals surface area contributed by atoms with Crippen molar-refractivity contribution < 1.29 is 40.7 Å². The Kier molecular flexibility index (Phi) is 6.94. The summed E-state index contributed by atoms with van der Waals surface area (Å²) in [5.41, 5.74) is -1.04. The highest BCUT2D eigenvalue weighted by atomic mass is 32.2. The molecule has 1 aromatic carbocycles. The van der Waals surface area contributed by atoms with Crippen molar-refractivity contribution in [2.24, 2.45) is 0 Å². The first-order valence-electron chi connectivity index (χ1n) is 7.05. The molecule has 0 aliphatic carbocycles. The van der Waals surface area contributed by atoms with E-state index in [1.165, 1.54) is 13.8 Å². The highest BCUT2D eigenvalue weighted by Crippen LogP contribution is 2.29. The van der Waals surface area contributed by atoms with E-state index in [-0.39, 0.29) is 13.2 Å². The lowest BCUT2D eigenvalue weighted by molar-refractivity contribution is -0.157. The largest absolute Gasteiger partial charge is 0.464 e. The lowest BCUT2D eigenvalue weighted by atomic mass is 10.2. The van der Waals surface area contributed by atoms with Gasteiger partial charge in [-0.1, -0.05) is 0 Å². The molecule has 0 heterocycles. The highest BCUT2D eigenvalue weighted by Gasteiger charge is 2.35. The molecule has 0 aliphatic heterocycles. The van der Waals surface area contributed by atoms with Crippen molar-refractivity contribution in [2.75, 3.05) is 13.2 Å². The summed E-state index contributed by atoms with van der Waals surface area (Å²) in [5, 5.41) is 0. The second kappa shape index (κ2) is 8.30. The minimum Gasteiger partial charge on any atom is -0.464 e. The Morgan fingerprint density at radius 1 is 1.04 bits per heavy atom. The zero-order valence-electron chi connectivity index (χ0n) is 13.3. The molecule has 0 bridgehead atoms. The Labute approximate surface area is 142 Å². The summed E-state index contributed by atoms with van der Waals surface area (Å²) < 4.78 is 73.0. The van der Waals surface area contributed by atoms with Gasteiger partial charge in [0.1, 0.15) is 0 Å². The van der Waals surface area contributed by atoms with Gasteiger partial charge in [0.2, 0.25) is 16.1 Å². The molecule has 0 amide bonds. The third-order valence-electron chi connectivity index (χ3n) is 2.81. The van der Waals surface area contributed by atoms with Gasteiger partial charge in [-0.3, -0.25) is 0 Å². The molecule has 140 valence electrons. The standard InChI is InChI=1S/C14H16F3NO6S/c1-3-23-12(19)11(13(20)24-4-2)18-25(21,22)10-7-5-9(6-8-10)14(15,16)17/h5-8,11,18H,3-4H2,1-2H3. The Hall–Kier alpha value is -2.14. The monoisotopic (exact) mass is 383 g/mol. The van der Waals surface area contributed by atoms with Crippen LogP contribution in [0.15, 0.2) is 29.2 Å². The van der Waals surface area contributed by atoms with Crippen molar-refractivity contribution in [3.8, 4) is 0 Å². The average molecular weight is 383 g/mol. The molecule has 11 heteroatoms. The molecule has 0 saturated carbocycles. The van der Waals surface area contributed by atoms with Gasteiger partial charge in [0, 0.05) is 0 Å². The van der Waals surface area contributed by atoms with Gasteiger partial charge in [0.05, 0.1) is 23.7 Å². The Bertz CT molecular complexity index is 697. The number of esters is 2. The third kappa shape index (κ3) is 5.71. The molecule has 0 saturated heterocycles. The summed E-state index contributed by atoms with van der Waals surface area (Å²) >= 11 is 0. The van der Waals surface area contributed by atoms with Crippen molar-refractivity contribution in [1.29, 1.82) is 0 Å². The predicted octanol–water partition coefficient (Wildman–Crippen LogP) is 1.48. The zero-order valence-corrected chi connectivity index (χ0v) is 14.1. The summed E-state index contributed by atoms with van der Waals surface area (Å²) in [6.07, 6.45) is -4.63. The van der Waals surface area contributed by atoms with Gasteiger partial charge in [-0.05, 0) is 38.1 Å². The first-order valence-corrected chi connectivity index (χ1v) is 8.54. The van der Waals surface area contributed by atoms with Crippen LogP contribution in [0.1, 0.15) is 19.4 Å². The number of alkyl halides is 3. The van der Waals surface area contributed by atoms with Crippen LogP contribution in [0.4, 0.5) is 13.2 Å². The molecular formula is C14H16F3NO6S. The van der Waals surface area contributed by atoms with Gasteiger partial charge < -0.3 is 9.47 Å². The number of halogens is 3. The fourth-order valence-corrected chi connectivity index (χ4v) is 2.82. The normalized spacial score (nSPS) is 12.1. The van der Waals surface area contributed by atoms with Gasteiger partial charge in [0.25, 0.3) is 0 Å². The maximum Gasteiger partial charge on any atom is 0.416 e. The minimum absolute atomic E-state index is 0.114. The molecule has 0 unspecified atom stereocenters. The van der Waals surface area contributed by atoms with Crippen molar-refractivity contribution >= 4 is 22.0 Å². The van der Waals surface area contributed by atoms with Crippen LogP contribution in [-0.4, -0.2) is 39.6 Å². The smallest absolute Gasteiger partial charge is 0.416 e. The minimum atomic E-state index is -4.63. The van der Waals surface area contributed by atoms with Gasteiger partial charge in [0.15, 0.2) is 0 Å². The van der Waals surface area contributed by atoms with Crippen LogP contribution in [0.3, 0.4) is 0 Å². The number of nitrogens with one attached hydrogen (secondary N) is 1. The number of carbonyl (C=O) groups is 2. The molecule has 0 atom stereocenters. The maximum atomic E-state index is 12.5. The number of hydrogen-bond donors (Lipinski definition) is 1. The Balaban J connectivity index is 3.09. The topological polar surface area (TPSA) is 98.8 Å². The van der Waals surface area contributed by atoms with E-state index in [0.29, 0.717) is 24.3 Å². The zero-order chi connectivity index (χ0) is 19.3. The average Bonchev–Trinajstić information content (AvgIpc) is 2.52. The number of carbonyl (C=O) groups excluding carboxylic acids is 2. The van der Waals surface area contributed by atoms with Gasteiger partial charge in [-0.15, -0.1) is 0 Å². The van der Waals surface area contributed by atoms with Gasteiger partial charge >= 0.3 is 18.1 Å². The third-order valence-corrected chi connectivity index (χ3v) is 4.25. The fraction of sp³-hybridized carbons (Fsp3) is 0.429. The lowest BCUT2D eigenvalue weighted by Crippen LogP contribution is -2.48. The molecular weight excluding hydrogens is 367 g/mol. The van der Waals surface area contributed by atoms with Crippen LogP contribution >= 0.6 is 0 Å². The van der Waals surface area contributed by atoms with E-state index >= 15 is 0 Å². The molecule has 25 heavy (non-hydrogen) atoms. The van der Waals surface area contributed by atoms with Crippen LogP contribution in [0.25, 0.3) is 0 Å². The summed E-state index contributed by atoms with van der Waals surface area (Å²) in [7, 11) is -4.47. The van der Waals surface area contributed by atoms with E-state index in [1.54, 1.807) is 4.72 Å². The molecule has 1 aromatic rings. The second-order valence-corrected chi connectivity index (χ2v) is 6.29. The van der Waals surface area contributed by atoms with Gasteiger partial charge in [-0.2, -0.15) is 17.9 Å². The molecule has 0 fully saturated rings. The quantitative estimate of drug-likeness (QED) is 0.566. The number of rotatable bonds is 7. The first-order chi connectivity index (χ1) is 11.5. The number of ether oxygens (including phenoxy) is 2.